The number of rotatable bonds is 7. The SMILES string of the molecule is C=CCNC(=O)CN(c1ccc(C)c(Cl)c1)S(=O)(=O)c1ccccc1. The van der Waals surface area contributed by atoms with Crippen LogP contribution in [0.25, 0.3) is 0 Å². The Morgan fingerprint density at radius 2 is 1.92 bits per heavy atom. The van der Waals surface area contributed by atoms with Crippen LogP contribution in [-0.2, 0) is 14.8 Å². The maximum atomic E-state index is 13.0. The van der Waals surface area contributed by atoms with Gasteiger partial charge < -0.3 is 5.32 Å². The third-order valence-corrected chi connectivity index (χ3v) is 5.70. The second-order valence-corrected chi connectivity index (χ2v) is 7.62. The van der Waals surface area contributed by atoms with E-state index in [2.05, 4.69) is 11.9 Å². The van der Waals surface area contributed by atoms with Crippen LogP contribution in [-0.4, -0.2) is 27.4 Å². The van der Waals surface area contributed by atoms with Crippen LogP contribution >= 0.6 is 11.6 Å². The molecule has 0 unspecified atom stereocenters. The van der Waals surface area contributed by atoms with E-state index in [0.29, 0.717) is 10.7 Å². The number of hydrogen-bond acceptors (Lipinski definition) is 3. The number of amides is 1. The van der Waals surface area contributed by atoms with Crippen LogP contribution in [0.4, 0.5) is 5.69 Å². The number of nitrogens with zero attached hydrogens (tertiary/aromatic N) is 1. The van der Waals surface area contributed by atoms with Crippen molar-refractivity contribution in [1.82, 2.24) is 5.32 Å². The molecule has 0 atom stereocenters. The number of anilines is 1. The Labute approximate surface area is 153 Å². The van der Waals surface area contributed by atoms with E-state index in [0.717, 1.165) is 9.87 Å². The fourth-order valence-electron chi connectivity index (χ4n) is 2.14. The number of hydrogen-bond donors (Lipinski definition) is 1. The summed E-state index contributed by atoms with van der Waals surface area (Å²) < 4.78 is 27.1. The van der Waals surface area contributed by atoms with Gasteiger partial charge in [-0.25, -0.2) is 8.42 Å². The van der Waals surface area contributed by atoms with Crippen molar-refractivity contribution in [3.63, 3.8) is 0 Å². The quantitative estimate of drug-likeness (QED) is 0.752. The third-order valence-electron chi connectivity index (χ3n) is 3.51. The van der Waals surface area contributed by atoms with Crippen molar-refractivity contribution in [3.8, 4) is 0 Å². The lowest BCUT2D eigenvalue weighted by Crippen LogP contribution is -2.41. The molecule has 0 saturated carbocycles. The highest BCUT2D eigenvalue weighted by atomic mass is 35.5. The molecule has 5 nitrogen and oxygen atoms in total. The molecule has 7 heteroatoms. The van der Waals surface area contributed by atoms with Crippen molar-refractivity contribution in [2.24, 2.45) is 0 Å². The lowest BCUT2D eigenvalue weighted by Gasteiger charge is -2.24. The zero-order valence-corrected chi connectivity index (χ0v) is 15.3. The average Bonchev–Trinajstić information content (AvgIpc) is 2.61. The van der Waals surface area contributed by atoms with Crippen LogP contribution in [0.5, 0.6) is 0 Å². The van der Waals surface area contributed by atoms with Crippen LogP contribution in [0.15, 0.2) is 66.1 Å². The van der Waals surface area contributed by atoms with Crippen LogP contribution in [0.1, 0.15) is 5.56 Å². The van der Waals surface area contributed by atoms with Gasteiger partial charge in [0.05, 0.1) is 10.6 Å². The van der Waals surface area contributed by atoms with E-state index >= 15 is 0 Å². The van der Waals surface area contributed by atoms with Gasteiger partial charge >= 0.3 is 0 Å². The number of nitrogens with one attached hydrogen (secondary N) is 1. The van der Waals surface area contributed by atoms with Gasteiger partial charge in [-0.05, 0) is 36.8 Å². The first-order valence-corrected chi connectivity index (χ1v) is 9.39. The summed E-state index contributed by atoms with van der Waals surface area (Å²) in [4.78, 5) is 12.2. The molecule has 25 heavy (non-hydrogen) atoms. The van der Waals surface area contributed by atoms with E-state index in [-0.39, 0.29) is 18.0 Å². The standard InChI is InChI=1S/C18H19ClN2O3S/c1-3-11-20-18(22)13-21(15-10-9-14(2)17(19)12-15)25(23,24)16-7-5-4-6-8-16/h3-10,12H,1,11,13H2,2H3,(H,20,22). The molecule has 0 aliphatic rings. The lowest BCUT2D eigenvalue weighted by molar-refractivity contribution is -0.119. The predicted octanol–water partition coefficient (Wildman–Crippen LogP) is 3.15. The van der Waals surface area contributed by atoms with E-state index in [1.807, 2.05) is 6.92 Å². The summed E-state index contributed by atoms with van der Waals surface area (Å²) >= 11 is 6.14. The zero-order valence-electron chi connectivity index (χ0n) is 13.8. The van der Waals surface area contributed by atoms with E-state index in [1.165, 1.54) is 24.3 Å². The monoisotopic (exact) mass is 378 g/mol. The number of sulfonamides is 1. The van der Waals surface area contributed by atoms with Gasteiger partial charge in [-0.1, -0.05) is 41.9 Å². The summed E-state index contributed by atoms with van der Waals surface area (Å²) in [6.07, 6.45) is 1.52. The average molecular weight is 379 g/mol. The van der Waals surface area contributed by atoms with Crippen molar-refractivity contribution in [1.29, 1.82) is 0 Å². The lowest BCUT2D eigenvalue weighted by atomic mass is 10.2. The molecule has 0 radical (unpaired) electrons. The molecule has 0 heterocycles. The molecule has 0 aromatic heterocycles. The maximum absolute atomic E-state index is 13.0. The topological polar surface area (TPSA) is 66.5 Å². The van der Waals surface area contributed by atoms with Crippen LogP contribution in [0.3, 0.4) is 0 Å². The molecular weight excluding hydrogens is 360 g/mol. The van der Waals surface area contributed by atoms with E-state index in [1.54, 1.807) is 30.3 Å². The van der Waals surface area contributed by atoms with Crippen molar-refractivity contribution in [3.05, 3.63) is 71.8 Å². The Morgan fingerprint density at radius 1 is 1.24 bits per heavy atom. The third kappa shape index (κ3) is 4.61. The van der Waals surface area contributed by atoms with Crippen molar-refractivity contribution >= 4 is 33.2 Å². The maximum Gasteiger partial charge on any atom is 0.264 e. The highest BCUT2D eigenvalue weighted by Crippen LogP contribution is 2.27. The van der Waals surface area contributed by atoms with Gasteiger partial charge in [0.15, 0.2) is 0 Å². The first-order chi connectivity index (χ1) is 11.9. The van der Waals surface area contributed by atoms with E-state index in [4.69, 9.17) is 11.6 Å². The summed E-state index contributed by atoms with van der Waals surface area (Å²) in [7, 11) is -3.92. The molecule has 0 spiro atoms. The van der Waals surface area contributed by atoms with Crippen LogP contribution in [0.2, 0.25) is 5.02 Å². The Hall–Kier alpha value is -2.31. The Morgan fingerprint density at radius 3 is 2.52 bits per heavy atom. The Balaban J connectivity index is 2.46. The summed E-state index contributed by atoms with van der Waals surface area (Å²) in [5.41, 5.74) is 1.15. The van der Waals surface area contributed by atoms with Crippen molar-refractivity contribution in [2.75, 3.05) is 17.4 Å². The molecule has 0 bridgehead atoms. The number of aryl methyl sites for hydroxylation is 1. The smallest absolute Gasteiger partial charge is 0.264 e. The van der Waals surface area contributed by atoms with Gasteiger partial charge in [0.1, 0.15) is 6.54 Å². The number of halogens is 1. The van der Waals surface area contributed by atoms with Crippen molar-refractivity contribution in [2.45, 2.75) is 11.8 Å². The highest BCUT2D eigenvalue weighted by Gasteiger charge is 2.27. The molecule has 1 N–H and O–H groups in total. The molecule has 2 aromatic carbocycles. The second kappa shape index (κ2) is 8.18. The number of benzene rings is 2. The molecule has 0 aliphatic carbocycles. The van der Waals surface area contributed by atoms with E-state index < -0.39 is 15.9 Å². The number of carbonyl (C=O) groups excluding carboxylic acids is 1. The molecule has 0 aliphatic heterocycles. The molecule has 0 saturated heterocycles. The predicted molar refractivity (Wildman–Crippen MR) is 100 cm³/mol. The van der Waals surface area contributed by atoms with Gasteiger partial charge in [-0.15, -0.1) is 6.58 Å². The van der Waals surface area contributed by atoms with Gasteiger partial charge in [0.2, 0.25) is 5.91 Å². The van der Waals surface area contributed by atoms with Gasteiger partial charge in [0, 0.05) is 11.6 Å². The molecular formula is C18H19ClN2O3S. The zero-order chi connectivity index (χ0) is 18.4. The van der Waals surface area contributed by atoms with Crippen LogP contribution in [0, 0.1) is 6.92 Å². The summed E-state index contributed by atoms with van der Waals surface area (Å²) in [6.45, 7) is 5.24. The highest BCUT2D eigenvalue weighted by molar-refractivity contribution is 7.92. The Kier molecular flexibility index (Phi) is 6.22. The minimum absolute atomic E-state index is 0.100. The largest absolute Gasteiger partial charge is 0.351 e. The first kappa shape index (κ1) is 19.0. The van der Waals surface area contributed by atoms with Crippen molar-refractivity contribution < 1.29 is 13.2 Å². The van der Waals surface area contributed by atoms with Gasteiger partial charge in [-0.3, -0.25) is 9.10 Å². The number of carbonyl (C=O) groups is 1. The molecule has 2 aromatic rings. The summed E-state index contributed by atoms with van der Waals surface area (Å²) in [5.74, 6) is -0.434. The second-order valence-electron chi connectivity index (χ2n) is 5.35. The minimum Gasteiger partial charge on any atom is -0.351 e. The molecule has 132 valence electrons. The summed E-state index contributed by atoms with van der Waals surface area (Å²) in [6, 6.07) is 12.8. The fourth-order valence-corrected chi connectivity index (χ4v) is 3.75. The Bertz CT molecular complexity index is 867. The van der Waals surface area contributed by atoms with E-state index in [9.17, 15) is 13.2 Å². The van der Waals surface area contributed by atoms with Gasteiger partial charge in [0.25, 0.3) is 10.0 Å². The first-order valence-electron chi connectivity index (χ1n) is 7.58. The molecule has 1 amide bonds. The molecule has 0 fully saturated rings. The molecule has 2 rings (SSSR count). The van der Waals surface area contributed by atoms with Crippen LogP contribution < -0.4 is 9.62 Å². The minimum atomic E-state index is -3.92. The van der Waals surface area contributed by atoms with Gasteiger partial charge in [-0.2, -0.15) is 0 Å². The normalized spacial score (nSPS) is 11.0. The fraction of sp³-hybridized carbons (Fsp3) is 0.167. The summed E-state index contributed by atoms with van der Waals surface area (Å²) in [5, 5.41) is 3.01.